The Balaban J connectivity index is 2.87. The number of halogens is 3. The second-order valence-corrected chi connectivity index (χ2v) is 2.74. The molecule has 1 aromatic heterocycles. The fourth-order valence-corrected chi connectivity index (χ4v) is 0.984. The molecule has 1 rings (SSSR count). The quantitative estimate of drug-likeness (QED) is 0.748. The first kappa shape index (κ1) is 11.1. The minimum atomic E-state index is -4.59. The zero-order valence-electron chi connectivity index (χ0n) is 7.36. The molecule has 0 fully saturated rings. The number of alkyl halides is 3. The van der Waals surface area contributed by atoms with Crippen molar-refractivity contribution in [3.63, 3.8) is 0 Å². The Labute approximate surface area is 83.2 Å². The van der Waals surface area contributed by atoms with Crippen molar-refractivity contribution in [3.8, 4) is 12.1 Å². The minimum Gasteiger partial charge on any atom is -0.321 e. The van der Waals surface area contributed by atoms with Gasteiger partial charge in [0.1, 0.15) is 6.07 Å². The highest BCUT2D eigenvalue weighted by molar-refractivity contribution is 5.11. The first-order valence-corrected chi connectivity index (χ1v) is 3.86. The van der Waals surface area contributed by atoms with Crippen molar-refractivity contribution >= 4 is 0 Å². The number of hydrogen-bond donors (Lipinski definition) is 0. The fourth-order valence-electron chi connectivity index (χ4n) is 0.984. The molecule has 15 heavy (non-hydrogen) atoms. The zero-order valence-corrected chi connectivity index (χ0v) is 7.36. The van der Waals surface area contributed by atoms with Crippen molar-refractivity contribution < 1.29 is 13.2 Å². The molecular formula is C8H5F3N4. The molecule has 0 N–H and O–H groups in total. The van der Waals surface area contributed by atoms with E-state index in [1.807, 2.05) is 0 Å². The van der Waals surface area contributed by atoms with Crippen LogP contribution in [0.15, 0.2) is 12.4 Å². The molecular weight excluding hydrogens is 209 g/mol. The third-order valence-corrected chi connectivity index (χ3v) is 1.75. The van der Waals surface area contributed by atoms with Gasteiger partial charge in [-0.1, -0.05) is 0 Å². The van der Waals surface area contributed by atoms with Gasteiger partial charge in [0.15, 0.2) is 5.92 Å². The molecule has 1 unspecified atom stereocenters. The highest BCUT2D eigenvalue weighted by Gasteiger charge is 2.40. The minimum absolute atomic E-state index is 0.139. The summed E-state index contributed by atoms with van der Waals surface area (Å²) >= 11 is 0. The average molecular weight is 214 g/mol. The lowest BCUT2D eigenvalue weighted by molar-refractivity contribution is -0.162. The maximum absolute atomic E-state index is 12.2. The number of nitrogens with zero attached hydrogens (tertiary/aromatic N) is 4. The Morgan fingerprint density at radius 1 is 1.47 bits per heavy atom. The summed E-state index contributed by atoms with van der Waals surface area (Å²) in [5.41, 5.74) is 0. The maximum Gasteiger partial charge on any atom is 0.406 e. The van der Waals surface area contributed by atoms with Crippen LogP contribution in [0, 0.1) is 28.6 Å². The summed E-state index contributed by atoms with van der Waals surface area (Å²) in [6.07, 6.45) is -2.15. The van der Waals surface area contributed by atoms with Crippen LogP contribution in [0.4, 0.5) is 13.2 Å². The van der Waals surface area contributed by atoms with Gasteiger partial charge in [0.2, 0.25) is 5.82 Å². The molecule has 0 spiro atoms. The Bertz CT molecular complexity index is 420. The van der Waals surface area contributed by atoms with Crippen molar-refractivity contribution in [1.29, 1.82) is 10.5 Å². The predicted molar refractivity (Wildman–Crippen MR) is 42.1 cm³/mol. The first-order valence-electron chi connectivity index (χ1n) is 3.86. The van der Waals surface area contributed by atoms with E-state index in [1.54, 1.807) is 6.07 Å². The molecule has 1 heterocycles. The monoisotopic (exact) mass is 214 g/mol. The van der Waals surface area contributed by atoms with Crippen molar-refractivity contribution in [2.24, 2.45) is 5.92 Å². The molecule has 0 aliphatic carbocycles. The van der Waals surface area contributed by atoms with E-state index in [0.717, 1.165) is 10.6 Å². The van der Waals surface area contributed by atoms with E-state index < -0.39 is 18.6 Å². The van der Waals surface area contributed by atoms with E-state index in [1.165, 1.54) is 12.4 Å². The van der Waals surface area contributed by atoms with Crippen molar-refractivity contribution in [3.05, 3.63) is 18.2 Å². The molecule has 4 nitrogen and oxygen atoms in total. The third kappa shape index (κ3) is 2.47. The number of rotatable bonds is 2. The normalized spacial score (nSPS) is 12.9. The summed E-state index contributed by atoms with van der Waals surface area (Å²) in [6.45, 7) is -0.608. The highest BCUT2D eigenvalue weighted by atomic mass is 19.4. The van der Waals surface area contributed by atoms with Gasteiger partial charge in [0.05, 0.1) is 6.07 Å². The van der Waals surface area contributed by atoms with E-state index in [9.17, 15) is 13.2 Å². The Kier molecular flexibility index (Phi) is 2.96. The number of imidazole rings is 1. The Morgan fingerprint density at radius 3 is 2.60 bits per heavy atom. The standard InChI is InChI=1S/C8H5F3N4/c9-8(10,11)6(3-12)5-15-2-1-14-7(15)4-13/h1-2,6H,5H2. The molecule has 78 valence electrons. The SMILES string of the molecule is N#Cc1nccn1CC(C#N)C(F)(F)F. The summed E-state index contributed by atoms with van der Waals surface area (Å²) in [4.78, 5) is 3.53. The lowest BCUT2D eigenvalue weighted by atomic mass is 10.1. The van der Waals surface area contributed by atoms with Crippen LogP contribution in [0.5, 0.6) is 0 Å². The second kappa shape index (κ2) is 4.01. The van der Waals surface area contributed by atoms with Gasteiger partial charge in [-0.3, -0.25) is 0 Å². The zero-order chi connectivity index (χ0) is 11.5. The number of aromatic nitrogens is 2. The van der Waals surface area contributed by atoms with Crippen molar-refractivity contribution in [1.82, 2.24) is 9.55 Å². The fraction of sp³-hybridized carbons (Fsp3) is 0.375. The van der Waals surface area contributed by atoms with E-state index in [4.69, 9.17) is 10.5 Å². The second-order valence-electron chi connectivity index (χ2n) is 2.74. The lowest BCUT2D eigenvalue weighted by Gasteiger charge is -2.13. The Morgan fingerprint density at radius 2 is 2.13 bits per heavy atom. The van der Waals surface area contributed by atoms with Gasteiger partial charge >= 0.3 is 6.18 Å². The molecule has 1 atom stereocenters. The molecule has 0 amide bonds. The van der Waals surface area contributed by atoms with E-state index >= 15 is 0 Å². The van der Waals surface area contributed by atoms with Crippen LogP contribution in [0.3, 0.4) is 0 Å². The van der Waals surface area contributed by atoms with Crippen LogP contribution in [-0.2, 0) is 6.54 Å². The van der Waals surface area contributed by atoms with Crippen molar-refractivity contribution in [2.45, 2.75) is 12.7 Å². The van der Waals surface area contributed by atoms with Gasteiger partial charge in [-0.25, -0.2) is 4.98 Å². The third-order valence-electron chi connectivity index (χ3n) is 1.75. The van der Waals surface area contributed by atoms with Gasteiger partial charge in [-0.2, -0.15) is 23.7 Å². The van der Waals surface area contributed by atoms with Crippen LogP contribution in [0.1, 0.15) is 5.82 Å². The Hall–Kier alpha value is -2.02. The molecule has 0 saturated carbocycles. The molecule has 0 aliphatic rings. The molecule has 0 saturated heterocycles. The largest absolute Gasteiger partial charge is 0.406 e. The van der Waals surface area contributed by atoms with Gasteiger partial charge in [0.25, 0.3) is 0 Å². The molecule has 0 radical (unpaired) electrons. The topological polar surface area (TPSA) is 65.4 Å². The van der Waals surface area contributed by atoms with Gasteiger partial charge in [-0.05, 0) is 0 Å². The molecule has 1 aromatic rings. The first-order chi connectivity index (χ1) is 6.99. The summed E-state index contributed by atoms with van der Waals surface area (Å²) < 4.78 is 37.6. The van der Waals surface area contributed by atoms with Crippen LogP contribution in [0.25, 0.3) is 0 Å². The van der Waals surface area contributed by atoms with Crippen LogP contribution < -0.4 is 0 Å². The lowest BCUT2D eigenvalue weighted by Crippen LogP contribution is -2.26. The summed E-state index contributed by atoms with van der Waals surface area (Å²) in [6, 6.07) is 2.78. The molecule has 7 heteroatoms. The van der Waals surface area contributed by atoms with Crippen LogP contribution in [0.2, 0.25) is 0 Å². The van der Waals surface area contributed by atoms with Gasteiger partial charge < -0.3 is 4.57 Å². The number of hydrogen-bond acceptors (Lipinski definition) is 3. The summed E-state index contributed by atoms with van der Waals surface area (Å²) in [5, 5.41) is 16.8. The predicted octanol–water partition coefficient (Wildman–Crippen LogP) is 1.46. The van der Waals surface area contributed by atoms with Gasteiger partial charge in [0, 0.05) is 18.9 Å². The number of nitriles is 2. The highest BCUT2D eigenvalue weighted by Crippen LogP contribution is 2.27. The van der Waals surface area contributed by atoms with Crippen molar-refractivity contribution in [2.75, 3.05) is 0 Å². The smallest absolute Gasteiger partial charge is 0.321 e. The summed E-state index contributed by atoms with van der Waals surface area (Å²) in [7, 11) is 0. The van der Waals surface area contributed by atoms with Crippen LogP contribution in [-0.4, -0.2) is 15.7 Å². The molecule has 0 aliphatic heterocycles. The van der Waals surface area contributed by atoms with E-state index in [2.05, 4.69) is 4.98 Å². The maximum atomic E-state index is 12.2. The summed E-state index contributed by atoms with van der Waals surface area (Å²) in [5.74, 6) is -2.27. The molecule has 0 aromatic carbocycles. The van der Waals surface area contributed by atoms with E-state index in [0.29, 0.717) is 0 Å². The average Bonchev–Trinajstić information content (AvgIpc) is 2.59. The molecule has 0 bridgehead atoms. The van der Waals surface area contributed by atoms with Gasteiger partial charge in [-0.15, -0.1) is 0 Å². The van der Waals surface area contributed by atoms with E-state index in [-0.39, 0.29) is 5.82 Å². The van der Waals surface area contributed by atoms with Crippen LogP contribution >= 0.6 is 0 Å².